The van der Waals surface area contributed by atoms with Gasteiger partial charge in [-0.3, -0.25) is 19.2 Å². The first-order chi connectivity index (χ1) is 19.1. The number of carboxylic acid groups (broad SMARTS) is 1. The molecule has 0 bridgehead atoms. The summed E-state index contributed by atoms with van der Waals surface area (Å²) in [6, 6.07) is 12.9. The van der Waals surface area contributed by atoms with E-state index >= 15 is 0 Å². The maximum absolute atomic E-state index is 13.5. The largest absolute Gasteiger partial charge is 0.573 e. The molecule has 1 unspecified atom stereocenters. The second kappa shape index (κ2) is 12.7. The minimum absolute atomic E-state index is 0.0788. The maximum Gasteiger partial charge on any atom is 0.573 e. The SMILES string of the molecule is O=C(O)CCNC(=O)c1ccc(C(CC(=O)c2cccc(C(F)(F)F)c2)C(=O)c2cccc(OC(F)(F)F)c2)cc1. The highest BCUT2D eigenvalue weighted by Gasteiger charge is 2.33. The van der Waals surface area contributed by atoms with Crippen LogP contribution in [0.25, 0.3) is 0 Å². The Balaban J connectivity index is 1.94. The van der Waals surface area contributed by atoms with Crippen molar-refractivity contribution >= 4 is 23.4 Å². The van der Waals surface area contributed by atoms with E-state index in [2.05, 4.69) is 10.1 Å². The number of Topliss-reactive ketones (excluding diaryl/α,β-unsaturated/α-hetero) is 2. The Labute approximate surface area is 228 Å². The van der Waals surface area contributed by atoms with Crippen molar-refractivity contribution in [3.63, 3.8) is 0 Å². The zero-order valence-electron chi connectivity index (χ0n) is 20.9. The summed E-state index contributed by atoms with van der Waals surface area (Å²) in [7, 11) is 0. The Bertz CT molecular complexity index is 1430. The van der Waals surface area contributed by atoms with Crippen LogP contribution in [0.2, 0.25) is 0 Å². The lowest BCUT2D eigenvalue weighted by molar-refractivity contribution is -0.274. The number of benzene rings is 3. The molecule has 41 heavy (non-hydrogen) atoms. The van der Waals surface area contributed by atoms with Crippen molar-refractivity contribution in [3.8, 4) is 5.75 Å². The van der Waals surface area contributed by atoms with Crippen LogP contribution in [-0.4, -0.2) is 41.5 Å². The summed E-state index contributed by atoms with van der Waals surface area (Å²) in [5.74, 6) is -5.47. The molecule has 3 aromatic carbocycles. The molecule has 13 heteroatoms. The van der Waals surface area contributed by atoms with Crippen LogP contribution in [-0.2, 0) is 11.0 Å². The summed E-state index contributed by atoms with van der Waals surface area (Å²) < 4.78 is 81.5. The Kier molecular flexibility index (Phi) is 9.53. The standard InChI is InChI=1S/C28H21F6NO6/c29-27(30,31)20-5-1-3-18(13-20)23(36)15-22(25(39)19-4-2-6-21(14-19)41-28(32,33)34)16-7-9-17(10-8-16)26(40)35-12-11-24(37)38/h1-10,13-14,22H,11-12,15H2,(H,35,40)(H,37,38). The number of hydrogen-bond donors (Lipinski definition) is 2. The second-order valence-electron chi connectivity index (χ2n) is 8.72. The van der Waals surface area contributed by atoms with E-state index in [1.54, 1.807) is 0 Å². The smallest absolute Gasteiger partial charge is 0.481 e. The fourth-order valence-corrected chi connectivity index (χ4v) is 3.83. The Morgan fingerprint density at radius 3 is 2.05 bits per heavy atom. The number of ether oxygens (including phenoxy) is 1. The molecule has 0 aliphatic carbocycles. The summed E-state index contributed by atoms with van der Waals surface area (Å²) in [4.78, 5) is 49.4. The highest BCUT2D eigenvalue weighted by atomic mass is 19.4. The molecule has 2 N–H and O–H groups in total. The number of ketones is 2. The van der Waals surface area contributed by atoms with Gasteiger partial charge in [-0.15, -0.1) is 13.2 Å². The van der Waals surface area contributed by atoms with Gasteiger partial charge in [0.1, 0.15) is 5.75 Å². The normalized spacial score (nSPS) is 12.3. The molecular weight excluding hydrogens is 560 g/mol. The molecule has 216 valence electrons. The Morgan fingerprint density at radius 1 is 0.805 bits per heavy atom. The summed E-state index contributed by atoms with van der Waals surface area (Å²) >= 11 is 0. The van der Waals surface area contributed by atoms with Crippen LogP contribution in [0.5, 0.6) is 5.75 Å². The third-order valence-electron chi connectivity index (χ3n) is 5.77. The van der Waals surface area contributed by atoms with Gasteiger partial charge in [0.2, 0.25) is 0 Å². The first-order valence-electron chi connectivity index (χ1n) is 11.8. The molecule has 3 rings (SSSR count). The van der Waals surface area contributed by atoms with Gasteiger partial charge in [0.25, 0.3) is 5.91 Å². The number of aliphatic carboxylic acids is 1. The minimum Gasteiger partial charge on any atom is -0.481 e. The van der Waals surface area contributed by atoms with E-state index in [-0.39, 0.29) is 35.2 Å². The first-order valence-corrected chi connectivity index (χ1v) is 11.8. The first kappa shape index (κ1) is 30.9. The van der Waals surface area contributed by atoms with Crippen LogP contribution in [0.15, 0.2) is 72.8 Å². The van der Waals surface area contributed by atoms with Crippen molar-refractivity contribution in [3.05, 3.63) is 101 Å². The molecule has 3 aromatic rings. The van der Waals surface area contributed by atoms with Gasteiger partial charge in [-0.2, -0.15) is 13.2 Å². The van der Waals surface area contributed by atoms with Crippen LogP contribution >= 0.6 is 0 Å². The van der Waals surface area contributed by atoms with Crippen molar-refractivity contribution in [2.75, 3.05) is 6.54 Å². The van der Waals surface area contributed by atoms with Crippen LogP contribution < -0.4 is 10.1 Å². The number of alkyl halides is 6. The lowest BCUT2D eigenvalue weighted by atomic mass is 9.85. The van der Waals surface area contributed by atoms with Gasteiger partial charge in [-0.1, -0.05) is 36.4 Å². The van der Waals surface area contributed by atoms with Gasteiger partial charge >= 0.3 is 18.5 Å². The van der Waals surface area contributed by atoms with Gasteiger partial charge in [0, 0.05) is 29.7 Å². The van der Waals surface area contributed by atoms with Crippen molar-refractivity contribution in [2.45, 2.75) is 31.3 Å². The van der Waals surface area contributed by atoms with Crippen LogP contribution in [0.1, 0.15) is 61.0 Å². The topological polar surface area (TPSA) is 110 Å². The molecule has 0 aliphatic heterocycles. The third kappa shape index (κ3) is 8.92. The Morgan fingerprint density at radius 2 is 1.44 bits per heavy atom. The quantitative estimate of drug-likeness (QED) is 0.211. The zero-order chi connectivity index (χ0) is 30.4. The maximum atomic E-state index is 13.5. The monoisotopic (exact) mass is 581 g/mol. The molecule has 0 heterocycles. The van der Waals surface area contributed by atoms with Crippen LogP contribution in [0, 0.1) is 0 Å². The summed E-state index contributed by atoms with van der Waals surface area (Å²) in [5, 5.41) is 11.1. The van der Waals surface area contributed by atoms with E-state index in [1.165, 1.54) is 30.3 Å². The fraction of sp³-hybridized carbons (Fsp3) is 0.214. The third-order valence-corrected chi connectivity index (χ3v) is 5.77. The highest BCUT2D eigenvalue weighted by molar-refractivity contribution is 6.06. The number of halogens is 6. The van der Waals surface area contributed by atoms with Crippen molar-refractivity contribution in [1.82, 2.24) is 5.32 Å². The number of rotatable bonds is 11. The number of hydrogen-bond acceptors (Lipinski definition) is 5. The van der Waals surface area contributed by atoms with E-state index in [0.717, 1.165) is 36.4 Å². The van der Waals surface area contributed by atoms with Crippen molar-refractivity contribution < 1.29 is 55.4 Å². The average Bonchev–Trinajstić information content (AvgIpc) is 2.90. The predicted molar refractivity (Wildman–Crippen MR) is 132 cm³/mol. The summed E-state index contributed by atoms with van der Waals surface area (Å²) in [5.41, 5.74) is -1.44. The predicted octanol–water partition coefficient (Wildman–Crippen LogP) is 6.05. The number of carboxylic acids is 1. The number of carbonyl (C=O) groups is 4. The molecule has 1 amide bonds. The van der Waals surface area contributed by atoms with Crippen LogP contribution in [0.3, 0.4) is 0 Å². The second-order valence-corrected chi connectivity index (χ2v) is 8.72. The van der Waals surface area contributed by atoms with Gasteiger partial charge in [-0.25, -0.2) is 0 Å². The molecule has 1 atom stereocenters. The molecule has 0 saturated heterocycles. The van der Waals surface area contributed by atoms with E-state index < -0.39 is 59.6 Å². The highest BCUT2D eigenvalue weighted by Crippen LogP contribution is 2.32. The van der Waals surface area contributed by atoms with Gasteiger partial charge in [0.15, 0.2) is 11.6 Å². The van der Waals surface area contributed by atoms with E-state index in [0.29, 0.717) is 6.07 Å². The molecule has 0 aliphatic rings. The fourth-order valence-electron chi connectivity index (χ4n) is 3.83. The van der Waals surface area contributed by atoms with Crippen molar-refractivity contribution in [1.29, 1.82) is 0 Å². The molecule has 0 spiro atoms. The zero-order valence-corrected chi connectivity index (χ0v) is 20.9. The summed E-state index contributed by atoms with van der Waals surface area (Å²) in [6.07, 6.45) is -10.7. The Hall–Kier alpha value is -4.68. The van der Waals surface area contributed by atoms with E-state index in [9.17, 15) is 45.5 Å². The number of amides is 1. The molecular formula is C28H21F6NO6. The van der Waals surface area contributed by atoms with Crippen molar-refractivity contribution in [2.24, 2.45) is 0 Å². The van der Waals surface area contributed by atoms with E-state index in [1.807, 2.05) is 0 Å². The van der Waals surface area contributed by atoms with Gasteiger partial charge in [-0.05, 0) is 42.0 Å². The number of nitrogens with one attached hydrogen (secondary N) is 1. The number of carbonyl (C=O) groups excluding carboxylic acids is 3. The van der Waals surface area contributed by atoms with Gasteiger partial charge in [0.05, 0.1) is 17.9 Å². The molecule has 7 nitrogen and oxygen atoms in total. The molecule has 0 fully saturated rings. The lowest BCUT2D eigenvalue weighted by Gasteiger charge is -2.18. The van der Waals surface area contributed by atoms with E-state index in [4.69, 9.17) is 5.11 Å². The average molecular weight is 581 g/mol. The lowest BCUT2D eigenvalue weighted by Crippen LogP contribution is -2.26. The summed E-state index contributed by atoms with van der Waals surface area (Å²) in [6.45, 7) is -0.154. The molecule has 0 saturated carbocycles. The molecule has 0 radical (unpaired) electrons. The van der Waals surface area contributed by atoms with Gasteiger partial charge < -0.3 is 15.2 Å². The minimum atomic E-state index is -5.04. The molecule has 0 aromatic heterocycles. The van der Waals surface area contributed by atoms with Crippen LogP contribution in [0.4, 0.5) is 26.3 Å².